The van der Waals surface area contributed by atoms with Crippen LogP contribution < -0.4 is 5.73 Å². The highest BCUT2D eigenvalue weighted by atomic mass is 16.5. The zero-order valence-corrected chi connectivity index (χ0v) is 10.7. The maximum absolute atomic E-state index is 5.90. The number of nitrogens with two attached hydrogens (primary N) is 1. The molecule has 3 nitrogen and oxygen atoms in total. The van der Waals surface area contributed by atoms with E-state index < -0.39 is 0 Å². The summed E-state index contributed by atoms with van der Waals surface area (Å²) in [5.41, 5.74) is 8.66. The first-order valence-corrected chi connectivity index (χ1v) is 6.31. The Morgan fingerprint density at radius 3 is 2.94 bits per heavy atom. The predicted molar refractivity (Wildman–Crippen MR) is 69.8 cm³/mol. The van der Waals surface area contributed by atoms with Crippen LogP contribution in [0.5, 0.6) is 0 Å². The van der Waals surface area contributed by atoms with Crippen molar-refractivity contribution in [3.05, 3.63) is 35.4 Å². The first-order chi connectivity index (χ1) is 8.16. The minimum Gasteiger partial charge on any atom is -0.374 e. The van der Waals surface area contributed by atoms with E-state index in [1.54, 1.807) is 0 Å². The summed E-state index contributed by atoms with van der Waals surface area (Å²) in [6.45, 7) is 7.90. The molecule has 0 bridgehead atoms. The standard InChI is InChI=1S/C14H22N2O/c1-11-5-3-4-6-13(11)9-16-7-8-17-14(10-16)12(2)15/h3-6,12,14H,7-10,15H2,1-2H3. The van der Waals surface area contributed by atoms with Gasteiger partial charge < -0.3 is 10.5 Å². The van der Waals surface area contributed by atoms with Gasteiger partial charge in [0.1, 0.15) is 0 Å². The highest BCUT2D eigenvalue weighted by Gasteiger charge is 2.23. The van der Waals surface area contributed by atoms with Crippen molar-refractivity contribution in [2.24, 2.45) is 5.73 Å². The lowest BCUT2D eigenvalue weighted by atomic mass is 10.1. The van der Waals surface area contributed by atoms with Crippen molar-refractivity contribution >= 4 is 0 Å². The van der Waals surface area contributed by atoms with E-state index in [9.17, 15) is 0 Å². The predicted octanol–water partition coefficient (Wildman–Crippen LogP) is 1.54. The van der Waals surface area contributed by atoms with Gasteiger partial charge in [0.15, 0.2) is 0 Å². The van der Waals surface area contributed by atoms with Gasteiger partial charge in [0, 0.05) is 25.7 Å². The van der Waals surface area contributed by atoms with Crippen molar-refractivity contribution in [3.8, 4) is 0 Å². The van der Waals surface area contributed by atoms with Crippen LogP contribution in [0.1, 0.15) is 18.1 Å². The van der Waals surface area contributed by atoms with Gasteiger partial charge in [-0.2, -0.15) is 0 Å². The molecule has 17 heavy (non-hydrogen) atoms. The topological polar surface area (TPSA) is 38.5 Å². The number of nitrogens with zero attached hydrogens (tertiary/aromatic N) is 1. The SMILES string of the molecule is Cc1ccccc1CN1CCOC(C(C)N)C1. The molecular weight excluding hydrogens is 212 g/mol. The third-order valence-electron chi connectivity index (χ3n) is 3.42. The molecule has 2 rings (SSSR count). The van der Waals surface area contributed by atoms with E-state index in [4.69, 9.17) is 10.5 Å². The van der Waals surface area contributed by atoms with Gasteiger partial charge >= 0.3 is 0 Å². The van der Waals surface area contributed by atoms with Crippen LogP contribution in [0.2, 0.25) is 0 Å². The van der Waals surface area contributed by atoms with Crippen LogP contribution >= 0.6 is 0 Å². The highest BCUT2D eigenvalue weighted by molar-refractivity contribution is 5.25. The Morgan fingerprint density at radius 1 is 1.47 bits per heavy atom. The van der Waals surface area contributed by atoms with Gasteiger partial charge in [-0.05, 0) is 25.0 Å². The summed E-state index contributed by atoms with van der Waals surface area (Å²) in [7, 11) is 0. The molecule has 2 N–H and O–H groups in total. The molecule has 1 heterocycles. The van der Waals surface area contributed by atoms with Crippen molar-refractivity contribution in [1.29, 1.82) is 0 Å². The summed E-state index contributed by atoms with van der Waals surface area (Å²) >= 11 is 0. The van der Waals surface area contributed by atoms with Crippen LogP contribution in [0.25, 0.3) is 0 Å². The minimum atomic E-state index is 0.106. The molecule has 1 aromatic carbocycles. The number of ether oxygens (including phenoxy) is 1. The normalized spacial score (nSPS) is 23.6. The van der Waals surface area contributed by atoms with Crippen molar-refractivity contribution in [1.82, 2.24) is 4.90 Å². The molecule has 0 aliphatic carbocycles. The summed E-state index contributed by atoms with van der Waals surface area (Å²) in [5.74, 6) is 0. The number of hydrogen-bond donors (Lipinski definition) is 1. The minimum absolute atomic E-state index is 0.106. The third kappa shape index (κ3) is 3.28. The van der Waals surface area contributed by atoms with E-state index in [1.165, 1.54) is 11.1 Å². The summed E-state index contributed by atoms with van der Waals surface area (Å²) in [5, 5.41) is 0. The van der Waals surface area contributed by atoms with Crippen molar-refractivity contribution < 1.29 is 4.74 Å². The van der Waals surface area contributed by atoms with E-state index in [1.807, 2.05) is 6.92 Å². The van der Waals surface area contributed by atoms with Gasteiger partial charge in [-0.15, -0.1) is 0 Å². The molecule has 94 valence electrons. The van der Waals surface area contributed by atoms with Crippen LogP contribution in [0.4, 0.5) is 0 Å². The van der Waals surface area contributed by atoms with E-state index in [2.05, 4.69) is 36.1 Å². The number of morpholine rings is 1. The molecule has 1 aromatic rings. The molecule has 1 saturated heterocycles. The average molecular weight is 234 g/mol. The fraction of sp³-hybridized carbons (Fsp3) is 0.571. The smallest absolute Gasteiger partial charge is 0.0850 e. The highest BCUT2D eigenvalue weighted by Crippen LogP contribution is 2.14. The average Bonchev–Trinajstić information content (AvgIpc) is 2.32. The van der Waals surface area contributed by atoms with Gasteiger partial charge in [-0.1, -0.05) is 24.3 Å². The molecule has 3 heteroatoms. The second kappa shape index (κ2) is 5.63. The Hall–Kier alpha value is -0.900. The summed E-state index contributed by atoms with van der Waals surface area (Å²) < 4.78 is 5.67. The Morgan fingerprint density at radius 2 is 2.24 bits per heavy atom. The molecule has 1 aliphatic heterocycles. The van der Waals surface area contributed by atoms with Crippen LogP contribution in [-0.4, -0.2) is 36.7 Å². The first kappa shape index (κ1) is 12.6. The maximum Gasteiger partial charge on any atom is 0.0850 e. The maximum atomic E-state index is 5.90. The molecule has 1 aliphatic rings. The van der Waals surface area contributed by atoms with Crippen molar-refractivity contribution in [3.63, 3.8) is 0 Å². The molecular formula is C14H22N2O. The lowest BCUT2D eigenvalue weighted by Gasteiger charge is -2.35. The van der Waals surface area contributed by atoms with Crippen LogP contribution in [0.3, 0.4) is 0 Å². The lowest BCUT2D eigenvalue weighted by Crippen LogP contribution is -2.49. The molecule has 0 aromatic heterocycles. The second-order valence-corrected chi connectivity index (χ2v) is 4.93. The summed E-state index contributed by atoms with van der Waals surface area (Å²) in [6.07, 6.45) is 0.174. The van der Waals surface area contributed by atoms with Crippen LogP contribution in [0, 0.1) is 6.92 Å². The quantitative estimate of drug-likeness (QED) is 0.862. The van der Waals surface area contributed by atoms with Crippen molar-refractivity contribution in [2.45, 2.75) is 32.5 Å². The summed E-state index contributed by atoms with van der Waals surface area (Å²) in [6, 6.07) is 8.66. The lowest BCUT2D eigenvalue weighted by molar-refractivity contribution is -0.0404. The summed E-state index contributed by atoms with van der Waals surface area (Å²) in [4.78, 5) is 2.43. The molecule has 0 saturated carbocycles. The Bertz CT molecular complexity index is 365. The van der Waals surface area contributed by atoms with Crippen LogP contribution in [-0.2, 0) is 11.3 Å². The van der Waals surface area contributed by atoms with Gasteiger partial charge in [0.2, 0.25) is 0 Å². The van der Waals surface area contributed by atoms with E-state index >= 15 is 0 Å². The molecule has 2 atom stereocenters. The van der Waals surface area contributed by atoms with Crippen molar-refractivity contribution in [2.75, 3.05) is 19.7 Å². The van der Waals surface area contributed by atoms with Gasteiger partial charge in [-0.25, -0.2) is 0 Å². The van der Waals surface area contributed by atoms with Gasteiger partial charge in [0.25, 0.3) is 0 Å². The second-order valence-electron chi connectivity index (χ2n) is 4.93. The molecule has 2 unspecified atom stereocenters. The molecule has 0 amide bonds. The fourth-order valence-electron chi connectivity index (χ4n) is 2.22. The zero-order valence-electron chi connectivity index (χ0n) is 10.7. The first-order valence-electron chi connectivity index (χ1n) is 6.31. The molecule has 0 spiro atoms. The van der Waals surface area contributed by atoms with E-state index in [0.29, 0.717) is 0 Å². The van der Waals surface area contributed by atoms with E-state index in [0.717, 1.165) is 26.2 Å². The number of aryl methyl sites for hydroxylation is 1. The Balaban J connectivity index is 1.97. The monoisotopic (exact) mass is 234 g/mol. The fourth-order valence-corrected chi connectivity index (χ4v) is 2.22. The zero-order chi connectivity index (χ0) is 12.3. The Kier molecular flexibility index (Phi) is 4.15. The number of hydrogen-bond acceptors (Lipinski definition) is 3. The largest absolute Gasteiger partial charge is 0.374 e. The van der Waals surface area contributed by atoms with Crippen LogP contribution in [0.15, 0.2) is 24.3 Å². The molecule has 1 fully saturated rings. The van der Waals surface area contributed by atoms with E-state index in [-0.39, 0.29) is 12.1 Å². The third-order valence-corrected chi connectivity index (χ3v) is 3.42. The van der Waals surface area contributed by atoms with Gasteiger partial charge in [-0.3, -0.25) is 4.90 Å². The molecule has 0 radical (unpaired) electrons. The Labute approximate surface area is 104 Å². The van der Waals surface area contributed by atoms with Gasteiger partial charge in [0.05, 0.1) is 12.7 Å². The number of rotatable bonds is 3. The number of benzene rings is 1.